The van der Waals surface area contributed by atoms with Gasteiger partial charge in [-0.15, -0.1) is 0 Å². The number of fused-ring (bicyclic) bond motifs is 2. The third-order valence-electron chi connectivity index (χ3n) is 7.33. The summed E-state index contributed by atoms with van der Waals surface area (Å²) in [4.78, 5) is 22.7. The Hall–Kier alpha value is -3.54. The Labute approximate surface area is 207 Å². The largest absolute Gasteiger partial charge is 0.379 e. The highest BCUT2D eigenvalue weighted by Gasteiger charge is 2.34. The van der Waals surface area contributed by atoms with Crippen LogP contribution in [0.2, 0.25) is 0 Å². The van der Waals surface area contributed by atoms with Gasteiger partial charge in [0.15, 0.2) is 5.65 Å². The summed E-state index contributed by atoms with van der Waals surface area (Å²) in [6.07, 6.45) is 7.21. The molecule has 0 bridgehead atoms. The molecule has 4 aromatic rings. The van der Waals surface area contributed by atoms with Gasteiger partial charge in [0, 0.05) is 50.7 Å². The van der Waals surface area contributed by atoms with Crippen LogP contribution in [-0.2, 0) is 14.2 Å². The molecule has 0 aromatic carbocycles. The fourth-order valence-corrected chi connectivity index (χ4v) is 5.15. The standard InChI is InChI=1S/C25H29N7O4/c1-26-22-9-18(29-24-15(10-28-32(22)24)25(33)30-17-6-7-20(17)34-2)16-11-31(19-12-36-13-21(19)35-3)23-14(16)5-4-8-27-23/h4-5,8-11,17,19-21,26H,6-7,12-13H2,1-3H3,(H,30,33)/t17?,19-,20-,21-/m1/s1. The first kappa shape index (κ1) is 22.9. The molecule has 1 amide bonds. The molecule has 5 heterocycles. The van der Waals surface area contributed by atoms with E-state index in [1.165, 1.54) is 0 Å². The molecule has 4 aromatic heterocycles. The number of pyridine rings is 1. The number of hydrogen-bond acceptors (Lipinski definition) is 8. The number of carbonyl (C=O) groups excluding carboxylic acids is 1. The smallest absolute Gasteiger partial charge is 0.257 e. The molecule has 1 saturated carbocycles. The highest BCUT2D eigenvalue weighted by Crippen LogP contribution is 2.35. The first-order valence-electron chi connectivity index (χ1n) is 12.1. The number of ether oxygens (including phenoxy) is 3. The number of aromatic nitrogens is 5. The van der Waals surface area contributed by atoms with Crippen LogP contribution in [-0.4, -0.2) is 82.8 Å². The van der Waals surface area contributed by atoms with Crippen LogP contribution in [0.1, 0.15) is 29.2 Å². The minimum atomic E-state index is -0.210. The van der Waals surface area contributed by atoms with Gasteiger partial charge >= 0.3 is 0 Å². The average molecular weight is 492 g/mol. The Morgan fingerprint density at radius 2 is 2.03 bits per heavy atom. The number of carbonyl (C=O) groups is 1. The Bertz CT molecular complexity index is 1430. The van der Waals surface area contributed by atoms with Gasteiger partial charge in [0.2, 0.25) is 0 Å². The van der Waals surface area contributed by atoms with Crippen molar-refractivity contribution in [1.82, 2.24) is 29.5 Å². The van der Waals surface area contributed by atoms with Gasteiger partial charge in [-0.25, -0.2) is 9.97 Å². The molecule has 11 heteroatoms. The van der Waals surface area contributed by atoms with Gasteiger partial charge < -0.3 is 29.4 Å². The second-order valence-corrected chi connectivity index (χ2v) is 9.21. The van der Waals surface area contributed by atoms with E-state index in [0.29, 0.717) is 30.1 Å². The number of anilines is 1. The van der Waals surface area contributed by atoms with Gasteiger partial charge in [-0.1, -0.05) is 0 Å². The molecule has 4 atom stereocenters. The van der Waals surface area contributed by atoms with Crippen LogP contribution < -0.4 is 10.6 Å². The number of nitrogens with zero attached hydrogens (tertiary/aromatic N) is 5. The van der Waals surface area contributed by atoms with E-state index in [1.807, 2.05) is 25.2 Å². The molecular formula is C25H29N7O4. The maximum absolute atomic E-state index is 13.2. The van der Waals surface area contributed by atoms with E-state index in [9.17, 15) is 4.79 Å². The summed E-state index contributed by atoms with van der Waals surface area (Å²) in [6, 6.07) is 5.87. The molecule has 0 spiro atoms. The van der Waals surface area contributed by atoms with E-state index >= 15 is 0 Å². The van der Waals surface area contributed by atoms with E-state index < -0.39 is 0 Å². The van der Waals surface area contributed by atoms with E-state index in [0.717, 1.165) is 35.3 Å². The Balaban J connectivity index is 1.45. The number of amides is 1. The minimum absolute atomic E-state index is 0.00108. The Morgan fingerprint density at radius 1 is 1.17 bits per heavy atom. The van der Waals surface area contributed by atoms with Crippen molar-refractivity contribution in [1.29, 1.82) is 0 Å². The lowest BCUT2D eigenvalue weighted by molar-refractivity contribution is 0.00732. The van der Waals surface area contributed by atoms with E-state index in [2.05, 4.69) is 31.5 Å². The van der Waals surface area contributed by atoms with Gasteiger partial charge in [0.1, 0.15) is 23.1 Å². The second-order valence-electron chi connectivity index (χ2n) is 9.21. The van der Waals surface area contributed by atoms with Crippen molar-refractivity contribution in [3.63, 3.8) is 0 Å². The molecule has 0 radical (unpaired) electrons. The molecule has 6 rings (SSSR count). The summed E-state index contributed by atoms with van der Waals surface area (Å²) in [7, 11) is 5.19. The first-order chi connectivity index (χ1) is 17.6. The zero-order valence-electron chi connectivity index (χ0n) is 20.5. The number of nitrogens with one attached hydrogen (secondary N) is 2. The summed E-state index contributed by atoms with van der Waals surface area (Å²) in [5.41, 5.74) is 3.35. The average Bonchev–Trinajstić information content (AvgIpc) is 3.62. The van der Waals surface area contributed by atoms with Crippen molar-refractivity contribution in [3.8, 4) is 11.3 Å². The normalized spacial score (nSPS) is 23.8. The molecular weight excluding hydrogens is 462 g/mol. The van der Waals surface area contributed by atoms with Crippen LogP contribution in [0.5, 0.6) is 0 Å². The summed E-state index contributed by atoms with van der Waals surface area (Å²) in [5.74, 6) is 0.509. The van der Waals surface area contributed by atoms with E-state index in [4.69, 9.17) is 19.2 Å². The van der Waals surface area contributed by atoms with Crippen molar-refractivity contribution in [2.45, 2.75) is 37.1 Å². The summed E-state index contributed by atoms with van der Waals surface area (Å²) in [6.45, 7) is 1.08. The van der Waals surface area contributed by atoms with Crippen molar-refractivity contribution < 1.29 is 19.0 Å². The molecule has 188 valence electrons. The van der Waals surface area contributed by atoms with Crippen LogP contribution in [0.25, 0.3) is 27.9 Å². The first-order valence-corrected chi connectivity index (χ1v) is 12.1. The molecule has 1 aliphatic carbocycles. The zero-order chi connectivity index (χ0) is 24.8. The number of rotatable bonds is 7. The molecule has 11 nitrogen and oxygen atoms in total. The van der Waals surface area contributed by atoms with Crippen LogP contribution in [0.4, 0.5) is 5.82 Å². The van der Waals surface area contributed by atoms with Crippen molar-refractivity contribution in [2.24, 2.45) is 0 Å². The highest BCUT2D eigenvalue weighted by atomic mass is 16.5. The van der Waals surface area contributed by atoms with Gasteiger partial charge in [0.05, 0.1) is 43.3 Å². The minimum Gasteiger partial charge on any atom is -0.379 e. The molecule has 2 N–H and O–H groups in total. The molecule has 1 saturated heterocycles. The van der Waals surface area contributed by atoms with Gasteiger partial charge in [-0.05, 0) is 25.0 Å². The molecule has 1 aliphatic heterocycles. The molecule has 2 aliphatic rings. The van der Waals surface area contributed by atoms with Crippen molar-refractivity contribution >= 4 is 28.4 Å². The summed E-state index contributed by atoms with van der Waals surface area (Å²) in [5, 5.41) is 11.7. The lowest BCUT2D eigenvalue weighted by Gasteiger charge is -2.35. The monoisotopic (exact) mass is 491 g/mol. The topological polar surface area (TPSA) is 117 Å². The molecule has 1 unspecified atom stereocenters. The van der Waals surface area contributed by atoms with Gasteiger partial charge in [-0.2, -0.15) is 9.61 Å². The van der Waals surface area contributed by atoms with E-state index in [1.54, 1.807) is 31.1 Å². The van der Waals surface area contributed by atoms with Gasteiger partial charge in [0.25, 0.3) is 5.91 Å². The lowest BCUT2D eigenvalue weighted by Crippen LogP contribution is -2.51. The predicted octanol–water partition coefficient (Wildman–Crippen LogP) is 2.28. The zero-order valence-corrected chi connectivity index (χ0v) is 20.5. The quantitative estimate of drug-likeness (QED) is 0.405. The van der Waals surface area contributed by atoms with E-state index in [-0.39, 0.29) is 30.2 Å². The van der Waals surface area contributed by atoms with Crippen LogP contribution in [0, 0.1) is 0 Å². The highest BCUT2D eigenvalue weighted by molar-refractivity contribution is 6.01. The SMILES string of the molecule is CNc1cc(-c2cn([C@@H]3COC[C@H]3OC)c3ncccc23)nc2c(C(=O)NC3CC[C@H]3OC)cnn12. The van der Waals surface area contributed by atoms with Crippen LogP contribution in [0.3, 0.4) is 0 Å². The van der Waals surface area contributed by atoms with Crippen LogP contribution in [0.15, 0.2) is 36.8 Å². The maximum atomic E-state index is 13.2. The molecule has 2 fully saturated rings. The number of hydrogen-bond donors (Lipinski definition) is 2. The van der Waals surface area contributed by atoms with Crippen molar-refractivity contribution in [2.75, 3.05) is 39.8 Å². The third-order valence-corrected chi connectivity index (χ3v) is 7.33. The Kier molecular flexibility index (Phi) is 5.82. The lowest BCUT2D eigenvalue weighted by atomic mass is 9.89. The summed E-state index contributed by atoms with van der Waals surface area (Å²) < 4.78 is 20.6. The van der Waals surface area contributed by atoms with Gasteiger partial charge in [-0.3, -0.25) is 4.79 Å². The second kappa shape index (κ2) is 9.16. The fraction of sp³-hybridized carbons (Fsp3) is 0.440. The molecule has 36 heavy (non-hydrogen) atoms. The maximum Gasteiger partial charge on any atom is 0.257 e. The Morgan fingerprint density at radius 3 is 2.78 bits per heavy atom. The fourth-order valence-electron chi connectivity index (χ4n) is 5.15. The third kappa shape index (κ3) is 3.62. The van der Waals surface area contributed by atoms with Crippen LogP contribution >= 0.6 is 0 Å². The summed E-state index contributed by atoms with van der Waals surface area (Å²) >= 11 is 0. The van der Waals surface area contributed by atoms with Crippen molar-refractivity contribution in [3.05, 3.63) is 42.4 Å². The predicted molar refractivity (Wildman–Crippen MR) is 133 cm³/mol. The number of methoxy groups -OCH3 is 2.